The van der Waals surface area contributed by atoms with Crippen LogP contribution >= 0.6 is 0 Å². The van der Waals surface area contributed by atoms with Crippen LogP contribution in [0.5, 0.6) is 5.75 Å². The maximum atomic E-state index is 6.07. The fraction of sp³-hybridized carbons (Fsp3) is 0.0833. The van der Waals surface area contributed by atoms with Gasteiger partial charge >= 0.3 is 0 Å². The van der Waals surface area contributed by atoms with E-state index in [0.29, 0.717) is 6.61 Å². The Morgan fingerprint density at radius 3 is 2.38 bits per heavy atom. The van der Waals surface area contributed by atoms with Crippen molar-refractivity contribution in [1.29, 1.82) is 0 Å². The van der Waals surface area contributed by atoms with Crippen LogP contribution in [0.4, 0.5) is 5.69 Å². The van der Waals surface area contributed by atoms with Crippen molar-refractivity contribution in [3.63, 3.8) is 0 Å². The van der Waals surface area contributed by atoms with Gasteiger partial charge in [0.25, 0.3) is 0 Å². The first-order chi connectivity index (χ1) is 12.9. The number of rotatable bonds is 6. The zero-order valence-electron chi connectivity index (χ0n) is 14.6. The van der Waals surface area contributed by atoms with Gasteiger partial charge in [0.2, 0.25) is 0 Å². The first kappa shape index (κ1) is 16.2. The fourth-order valence-electron chi connectivity index (χ4n) is 3.08. The molecule has 0 bridgehead atoms. The molecule has 2 nitrogen and oxygen atoms in total. The van der Waals surface area contributed by atoms with Gasteiger partial charge in [-0.25, -0.2) is 0 Å². The van der Waals surface area contributed by atoms with Crippen molar-refractivity contribution in [1.82, 2.24) is 0 Å². The Morgan fingerprint density at radius 2 is 1.46 bits per heavy atom. The Kier molecular flexibility index (Phi) is 4.83. The summed E-state index contributed by atoms with van der Waals surface area (Å²) in [5, 5.41) is 5.92. The van der Waals surface area contributed by atoms with Gasteiger partial charge < -0.3 is 10.1 Å². The summed E-state index contributed by atoms with van der Waals surface area (Å²) in [5.41, 5.74) is 3.52. The lowest BCUT2D eigenvalue weighted by molar-refractivity contribution is 0.307. The van der Waals surface area contributed by atoms with E-state index in [9.17, 15) is 0 Å². The average Bonchev–Trinajstić information content (AvgIpc) is 2.72. The van der Waals surface area contributed by atoms with Gasteiger partial charge in [-0.15, -0.1) is 0 Å². The van der Waals surface area contributed by atoms with Gasteiger partial charge in [0, 0.05) is 12.2 Å². The summed E-state index contributed by atoms with van der Waals surface area (Å²) in [4.78, 5) is 0. The minimum atomic E-state index is 0.566. The number of para-hydroxylation sites is 1. The zero-order chi connectivity index (χ0) is 17.6. The van der Waals surface area contributed by atoms with E-state index in [1.165, 1.54) is 21.9 Å². The lowest BCUT2D eigenvalue weighted by Crippen LogP contribution is -2.00. The summed E-state index contributed by atoms with van der Waals surface area (Å²) < 4.78 is 6.07. The highest BCUT2D eigenvalue weighted by atomic mass is 16.5. The average molecular weight is 339 g/mol. The SMILES string of the molecule is c1ccc(NCc2cccc(OCc3cccc4ccccc34)c2)cc1. The lowest BCUT2D eigenvalue weighted by atomic mass is 10.1. The topological polar surface area (TPSA) is 21.3 Å². The minimum Gasteiger partial charge on any atom is -0.489 e. The molecule has 0 radical (unpaired) electrons. The lowest BCUT2D eigenvalue weighted by Gasteiger charge is -2.11. The van der Waals surface area contributed by atoms with Crippen LogP contribution < -0.4 is 10.1 Å². The van der Waals surface area contributed by atoms with Crippen LogP contribution in [0, 0.1) is 0 Å². The molecule has 0 fully saturated rings. The molecule has 4 aromatic rings. The van der Waals surface area contributed by atoms with E-state index < -0.39 is 0 Å². The number of hydrogen-bond donors (Lipinski definition) is 1. The number of ether oxygens (including phenoxy) is 1. The third-order valence-corrected chi connectivity index (χ3v) is 4.44. The van der Waals surface area contributed by atoms with Gasteiger partial charge in [-0.1, -0.05) is 72.8 Å². The molecule has 4 aromatic carbocycles. The minimum absolute atomic E-state index is 0.566. The van der Waals surface area contributed by atoms with Crippen molar-refractivity contribution in [2.45, 2.75) is 13.2 Å². The summed E-state index contributed by atoms with van der Waals surface area (Å²) in [6.07, 6.45) is 0. The molecule has 0 amide bonds. The van der Waals surface area contributed by atoms with Crippen molar-refractivity contribution in [3.8, 4) is 5.75 Å². The number of hydrogen-bond acceptors (Lipinski definition) is 2. The second kappa shape index (κ2) is 7.75. The zero-order valence-corrected chi connectivity index (χ0v) is 14.6. The van der Waals surface area contributed by atoms with E-state index in [4.69, 9.17) is 4.74 Å². The third kappa shape index (κ3) is 3.86. The van der Waals surface area contributed by atoms with Gasteiger partial charge in [-0.05, 0) is 46.2 Å². The van der Waals surface area contributed by atoms with E-state index in [-0.39, 0.29) is 0 Å². The maximum Gasteiger partial charge on any atom is 0.120 e. The number of fused-ring (bicyclic) bond motifs is 1. The smallest absolute Gasteiger partial charge is 0.120 e. The fourth-order valence-corrected chi connectivity index (χ4v) is 3.08. The summed E-state index contributed by atoms with van der Waals surface area (Å²) >= 11 is 0. The second-order valence-electron chi connectivity index (χ2n) is 6.29. The summed E-state index contributed by atoms with van der Waals surface area (Å²) in [7, 11) is 0. The second-order valence-corrected chi connectivity index (χ2v) is 6.29. The summed E-state index contributed by atoms with van der Waals surface area (Å²) in [5.74, 6) is 0.894. The molecule has 0 saturated carbocycles. The van der Waals surface area contributed by atoms with E-state index in [2.05, 4.69) is 72.0 Å². The Labute approximate surface area is 154 Å². The van der Waals surface area contributed by atoms with Crippen LogP contribution in [0.15, 0.2) is 97.1 Å². The predicted octanol–water partition coefficient (Wildman–Crippen LogP) is 6.03. The monoisotopic (exact) mass is 339 g/mol. The van der Waals surface area contributed by atoms with Crippen LogP contribution in [0.3, 0.4) is 0 Å². The highest BCUT2D eigenvalue weighted by molar-refractivity contribution is 5.85. The molecule has 0 saturated heterocycles. The largest absolute Gasteiger partial charge is 0.489 e. The van der Waals surface area contributed by atoms with Gasteiger partial charge in [-0.2, -0.15) is 0 Å². The molecule has 0 atom stereocenters. The Balaban J connectivity index is 1.43. The highest BCUT2D eigenvalue weighted by Gasteiger charge is 2.02. The first-order valence-electron chi connectivity index (χ1n) is 8.86. The van der Waals surface area contributed by atoms with Crippen LogP contribution in [-0.2, 0) is 13.2 Å². The molecule has 0 spiro atoms. The molecule has 0 heterocycles. The van der Waals surface area contributed by atoms with Gasteiger partial charge in [-0.3, -0.25) is 0 Å². The number of nitrogens with one attached hydrogen (secondary N) is 1. The van der Waals surface area contributed by atoms with Crippen molar-refractivity contribution in [3.05, 3.63) is 108 Å². The van der Waals surface area contributed by atoms with Crippen molar-refractivity contribution in [2.24, 2.45) is 0 Å². The highest BCUT2D eigenvalue weighted by Crippen LogP contribution is 2.21. The molecule has 0 aromatic heterocycles. The van der Waals surface area contributed by atoms with Crippen LogP contribution in [0.1, 0.15) is 11.1 Å². The quantitative estimate of drug-likeness (QED) is 0.463. The molecular formula is C24H21NO. The number of anilines is 1. The Bertz CT molecular complexity index is 990. The molecule has 128 valence electrons. The molecule has 4 rings (SSSR count). The van der Waals surface area contributed by atoms with E-state index in [0.717, 1.165) is 18.0 Å². The maximum absolute atomic E-state index is 6.07. The van der Waals surface area contributed by atoms with Gasteiger partial charge in [0.05, 0.1) is 0 Å². The molecular weight excluding hydrogens is 318 g/mol. The first-order valence-corrected chi connectivity index (χ1v) is 8.86. The van der Waals surface area contributed by atoms with Gasteiger partial charge in [0.15, 0.2) is 0 Å². The Hall–Kier alpha value is -3.26. The summed E-state index contributed by atoms with van der Waals surface area (Å²) in [6, 6.07) is 33.3. The molecule has 1 N–H and O–H groups in total. The van der Waals surface area contributed by atoms with E-state index >= 15 is 0 Å². The van der Waals surface area contributed by atoms with Crippen LogP contribution in [0.2, 0.25) is 0 Å². The standard InChI is InChI=1S/C24H21NO/c1-2-12-22(13-3-1)25-17-19-8-6-14-23(16-19)26-18-21-11-7-10-20-9-4-5-15-24(20)21/h1-16,25H,17-18H2. The van der Waals surface area contributed by atoms with Crippen molar-refractivity contribution in [2.75, 3.05) is 5.32 Å². The number of benzene rings is 4. The van der Waals surface area contributed by atoms with Crippen LogP contribution in [0.25, 0.3) is 10.8 Å². The molecule has 0 aliphatic heterocycles. The predicted molar refractivity (Wildman–Crippen MR) is 108 cm³/mol. The molecule has 0 aliphatic carbocycles. The molecule has 0 unspecified atom stereocenters. The van der Waals surface area contributed by atoms with Gasteiger partial charge in [0.1, 0.15) is 12.4 Å². The van der Waals surface area contributed by atoms with E-state index in [1.807, 2.05) is 30.3 Å². The van der Waals surface area contributed by atoms with Crippen molar-refractivity contribution >= 4 is 16.5 Å². The van der Waals surface area contributed by atoms with Crippen LogP contribution in [-0.4, -0.2) is 0 Å². The molecule has 2 heteroatoms. The third-order valence-electron chi connectivity index (χ3n) is 4.44. The molecule has 0 aliphatic rings. The van der Waals surface area contributed by atoms with E-state index in [1.54, 1.807) is 0 Å². The molecule has 26 heavy (non-hydrogen) atoms. The summed E-state index contributed by atoms with van der Waals surface area (Å²) in [6.45, 7) is 1.34. The normalized spacial score (nSPS) is 10.6. The van der Waals surface area contributed by atoms with Crippen molar-refractivity contribution < 1.29 is 4.74 Å². The Morgan fingerprint density at radius 1 is 0.692 bits per heavy atom.